The van der Waals surface area contributed by atoms with Crippen molar-refractivity contribution in [1.29, 1.82) is 0 Å². The number of guanidine groups is 1. The quantitative estimate of drug-likeness (QED) is 0.404. The van der Waals surface area contributed by atoms with Crippen LogP contribution in [-0.4, -0.2) is 50.5 Å². The van der Waals surface area contributed by atoms with Crippen LogP contribution in [0.1, 0.15) is 25.3 Å². The summed E-state index contributed by atoms with van der Waals surface area (Å²) in [5, 5.41) is 7.83. The van der Waals surface area contributed by atoms with Crippen molar-refractivity contribution >= 4 is 16.9 Å². The van der Waals surface area contributed by atoms with Gasteiger partial charge >= 0.3 is 0 Å². The Morgan fingerprint density at radius 3 is 3.07 bits per heavy atom. The maximum Gasteiger partial charge on any atom is 0.191 e. The van der Waals surface area contributed by atoms with Crippen molar-refractivity contribution in [2.24, 2.45) is 10.9 Å². The van der Waals surface area contributed by atoms with Crippen molar-refractivity contribution in [3.8, 4) is 0 Å². The largest absolute Gasteiger partial charge is 0.381 e. The van der Waals surface area contributed by atoms with E-state index in [2.05, 4.69) is 46.8 Å². The van der Waals surface area contributed by atoms with Crippen molar-refractivity contribution in [2.75, 3.05) is 39.5 Å². The molecule has 1 atom stereocenters. The molecule has 1 aromatic heterocycles. The van der Waals surface area contributed by atoms with Gasteiger partial charge in [-0.3, -0.25) is 4.98 Å². The Balaban J connectivity index is 1.44. The number of aromatic nitrogens is 1. The fourth-order valence-electron chi connectivity index (χ4n) is 3.15. The maximum absolute atomic E-state index is 5.75. The van der Waals surface area contributed by atoms with Crippen LogP contribution in [0.4, 0.5) is 0 Å². The number of fused-ring (bicyclic) bond motifs is 1. The van der Waals surface area contributed by atoms with Gasteiger partial charge < -0.3 is 20.1 Å². The lowest BCUT2D eigenvalue weighted by molar-refractivity contribution is 0.0888. The summed E-state index contributed by atoms with van der Waals surface area (Å²) in [6.45, 7) is 7.63. The molecule has 0 spiro atoms. The van der Waals surface area contributed by atoms with Gasteiger partial charge in [-0.05, 0) is 31.4 Å². The highest BCUT2D eigenvalue weighted by Gasteiger charge is 2.15. The van der Waals surface area contributed by atoms with Gasteiger partial charge in [0.1, 0.15) is 0 Å². The molecule has 3 rings (SSSR count). The molecule has 0 amide bonds. The second kappa shape index (κ2) is 10.8. The molecule has 2 heterocycles. The molecule has 2 aromatic rings. The Labute approximate surface area is 161 Å². The molecule has 1 unspecified atom stereocenters. The number of hydrogen-bond donors (Lipinski definition) is 2. The van der Waals surface area contributed by atoms with E-state index in [0.717, 1.165) is 74.8 Å². The summed E-state index contributed by atoms with van der Waals surface area (Å²) < 4.78 is 11.1. The number of pyridine rings is 1. The Morgan fingerprint density at radius 2 is 2.22 bits per heavy atom. The third-order valence-electron chi connectivity index (χ3n) is 4.60. The summed E-state index contributed by atoms with van der Waals surface area (Å²) in [6, 6.07) is 10.3. The van der Waals surface area contributed by atoms with Crippen LogP contribution in [0.5, 0.6) is 0 Å². The van der Waals surface area contributed by atoms with E-state index in [1.54, 1.807) is 0 Å². The van der Waals surface area contributed by atoms with Crippen LogP contribution in [0.15, 0.2) is 41.5 Å². The smallest absolute Gasteiger partial charge is 0.191 e. The molecule has 0 radical (unpaired) electrons. The fraction of sp³-hybridized carbons (Fsp3) is 0.524. The van der Waals surface area contributed by atoms with E-state index >= 15 is 0 Å². The highest BCUT2D eigenvalue weighted by Crippen LogP contribution is 2.16. The average molecular weight is 370 g/mol. The highest BCUT2D eigenvalue weighted by molar-refractivity contribution is 5.83. The summed E-state index contributed by atoms with van der Waals surface area (Å²) in [7, 11) is 0. The van der Waals surface area contributed by atoms with Crippen molar-refractivity contribution in [3.05, 3.63) is 42.1 Å². The van der Waals surface area contributed by atoms with E-state index in [4.69, 9.17) is 14.5 Å². The van der Waals surface area contributed by atoms with Gasteiger partial charge in [0.05, 0.1) is 25.3 Å². The van der Waals surface area contributed by atoms with Gasteiger partial charge in [-0.15, -0.1) is 0 Å². The van der Waals surface area contributed by atoms with Crippen LogP contribution in [0.25, 0.3) is 10.9 Å². The lowest BCUT2D eigenvalue weighted by Gasteiger charge is -2.12. The fourth-order valence-corrected chi connectivity index (χ4v) is 3.15. The molecule has 6 heteroatoms. The van der Waals surface area contributed by atoms with Crippen LogP contribution in [0.3, 0.4) is 0 Å². The number of rotatable bonds is 9. The van der Waals surface area contributed by atoms with Crippen LogP contribution in [0, 0.1) is 5.92 Å². The zero-order valence-electron chi connectivity index (χ0n) is 16.1. The topological polar surface area (TPSA) is 67.8 Å². The molecule has 6 nitrogen and oxygen atoms in total. The number of nitrogens with one attached hydrogen (secondary N) is 2. The van der Waals surface area contributed by atoms with Gasteiger partial charge in [-0.2, -0.15) is 0 Å². The third kappa shape index (κ3) is 6.19. The van der Waals surface area contributed by atoms with E-state index in [9.17, 15) is 0 Å². The molecule has 1 fully saturated rings. The number of ether oxygens (including phenoxy) is 2. The van der Waals surface area contributed by atoms with E-state index in [0.29, 0.717) is 12.5 Å². The van der Waals surface area contributed by atoms with Gasteiger partial charge in [0.2, 0.25) is 0 Å². The van der Waals surface area contributed by atoms with Gasteiger partial charge in [-0.1, -0.05) is 24.3 Å². The van der Waals surface area contributed by atoms with Crippen molar-refractivity contribution < 1.29 is 9.47 Å². The monoisotopic (exact) mass is 370 g/mol. The zero-order valence-corrected chi connectivity index (χ0v) is 16.1. The lowest BCUT2D eigenvalue weighted by Crippen LogP contribution is -2.38. The summed E-state index contributed by atoms with van der Waals surface area (Å²) in [5.41, 5.74) is 2.15. The van der Waals surface area contributed by atoms with Crippen molar-refractivity contribution in [1.82, 2.24) is 15.6 Å². The van der Waals surface area contributed by atoms with E-state index in [1.165, 1.54) is 0 Å². The number of hydrogen-bond acceptors (Lipinski definition) is 4. The SMILES string of the molecule is CCNC(=NCc1cccc2cccnc12)NCCCOCC1CCOC1. The molecule has 0 saturated carbocycles. The standard InChI is InChI=1S/C21H30N4O2/c1-2-22-21(24-11-5-12-26-15-17-9-13-27-16-17)25-14-19-7-3-6-18-8-4-10-23-20(18)19/h3-4,6-8,10,17H,2,5,9,11-16H2,1H3,(H2,22,24,25). The molecule has 2 N–H and O–H groups in total. The molecular formula is C21H30N4O2. The molecular weight excluding hydrogens is 340 g/mol. The van der Waals surface area contributed by atoms with Crippen LogP contribution in [-0.2, 0) is 16.0 Å². The second-order valence-corrected chi connectivity index (χ2v) is 6.77. The van der Waals surface area contributed by atoms with Gasteiger partial charge in [0.25, 0.3) is 0 Å². The molecule has 1 aliphatic heterocycles. The molecule has 146 valence electrons. The van der Waals surface area contributed by atoms with E-state index in [1.807, 2.05) is 12.3 Å². The second-order valence-electron chi connectivity index (χ2n) is 6.77. The summed E-state index contributed by atoms with van der Waals surface area (Å²) in [5.74, 6) is 1.40. The number of benzene rings is 1. The number of aliphatic imine (C=N–C) groups is 1. The first kappa shape index (κ1) is 19.6. The molecule has 1 aromatic carbocycles. The Morgan fingerprint density at radius 1 is 1.30 bits per heavy atom. The minimum atomic E-state index is 0.575. The molecule has 1 aliphatic rings. The van der Waals surface area contributed by atoms with Crippen molar-refractivity contribution in [3.63, 3.8) is 0 Å². The van der Waals surface area contributed by atoms with Crippen LogP contribution < -0.4 is 10.6 Å². The van der Waals surface area contributed by atoms with E-state index in [-0.39, 0.29) is 0 Å². The minimum absolute atomic E-state index is 0.575. The first-order chi connectivity index (χ1) is 13.4. The first-order valence-electron chi connectivity index (χ1n) is 9.87. The van der Waals surface area contributed by atoms with Crippen LogP contribution >= 0.6 is 0 Å². The van der Waals surface area contributed by atoms with E-state index < -0.39 is 0 Å². The Hall–Kier alpha value is -2.18. The van der Waals surface area contributed by atoms with Gasteiger partial charge in [0, 0.05) is 43.8 Å². The minimum Gasteiger partial charge on any atom is -0.381 e. The lowest BCUT2D eigenvalue weighted by atomic mass is 10.1. The first-order valence-corrected chi connectivity index (χ1v) is 9.87. The maximum atomic E-state index is 5.75. The van der Waals surface area contributed by atoms with Gasteiger partial charge in [0.15, 0.2) is 5.96 Å². The normalized spacial score (nSPS) is 17.4. The molecule has 27 heavy (non-hydrogen) atoms. The highest BCUT2D eigenvalue weighted by atomic mass is 16.5. The molecule has 0 aliphatic carbocycles. The summed E-state index contributed by atoms with van der Waals surface area (Å²) >= 11 is 0. The predicted molar refractivity (Wildman–Crippen MR) is 109 cm³/mol. The van der Waals surface area contributed by atoms with Gasteiger partial charge in [-0.25, -0.2) is 4.99 Å². The Kier molecular flexibility index (Phi) is 7.86. The Bertz CT molecular complexity index is 724. The number of para-hydroxylation sites is 1. The predicted octanol–water partition coefficient (Wildman–Crippen LogP) is 2.73. The van der Waals surface area contributed by atoms with Crippen LogP contribution in [0.2, 0.25) is 0 Å². The van der Waals surface area contributed by atoms with Crippen molar-refractivity contribution in [2.45, 2.75) is 26.3 Å². The third-order valence-corrected chi connectivity index (χ3v) is 4.60. The molecule has 0 bridgehead atoms. The average Bonchev–Trinajstić information content (AvgIpc) is 3.22. The zero-order chi connectivity index (χ0) is 18.7. The number of nitrogens with zero attached hydrogens (tertiary/aromatic N) is 2. The summed E-state index contributed by atoms with van der Waals surface area (Å²) in [4.78, 5) is 9.21. The summed E-state index contributed by atoms with van der Waals surface area (Å²) in [6.07, 6.45) is 3.91. The molecule has 1 saturated heterocycles.